The molecule has 1 aromatic heterocycles. The largest absolute Gasteiger partial charge is 0.505 e. The van der Waals surface area contributed by atoms with Gasteiger partial charge in [-0.1, -0.05) is 30.3 Å². The van der Waals surface area contributed by atoms with Gasteiger partial charge in [0.15, 0.2) is 16.6 Å². The van der Waals surface area contributed by atoms with Crippen LogP contribution in [0.15, 0.2) is 47.0 Å². The Labute approximate surface area is 166 Å². The predicted molar refractivity (Wildman–Crippen MR) is 109 cm³/mol. The van der Waals surface area contributed by atoms with E-state index in [0.717, 1.165) is 20.3 Å². The van der Waals surface area contributed by atoms with Crippen molar-refractivity contribution in [3.8, 4) is 0 Å². The van der Waals surface area contributed by atoms with Crippen molar-refractivity contribution in [2.45, 2.75) is 18.7 Å². The molecule has 0 saturated heterocycles. The van der Waals surface area contributed by atoms with Crippen LogP contribution in [-0.2, 0) is 14.8 Å². The summed E-state index contributed by atoms with van der Waals surface area (Å²) in [6.07, 6.45) is 0. The highest BCUT2D eigenvalue weighted by Gasteiger charge is 2.39. The van der Waals surface area contributed by atoms with Gasteiger partial charge in [-0.3, -0.25) is 14.4 Å². The van der Waals surface area contributed by atoms with E-state index >= 15 is 0 Å². The number of hydrogen-bond acceptors (Lipinski definition) is 6. The number of anilines is 1. The number of thiazole rings is 1. The van der Waals surface area contributed by atoms with Crippen molar-refractivity contribution < 1.29 is 18.3 Å². The average Bonchev–Trinajstić information content (AvgIpc) is 2.96. The number of sulfonamides is 1. The van der Waals surface area contributed by atoms with Crippen molar-refractivity contribution in [3.05, 3.63) is 58.2 Å². The molecule has 1 amide bonds. The summed E-state index contributed by atoms with van der Waals surface area (Å²) >= 11 is 1.28. The lowest BCUT2D eigenvalue weighted by molar-refractivity contribution is -0.113. The summed E-state index contributed by atoms with van der Waals surface area (Å²) in [6.45, 7) is 3.69. The zero-order valence-corrected chi connectivity index (χ0v) is 17.0. The number of nitrogens with zero attached hydrogens (tertiary/aromatic N) is 2. The highest BCUT2D eigenvalue weighted by atomic mass is 32.2. The molecule has 4 rings (SSSR count). The van der Waals surface area contributed by atoms with Crippen LogP contribution in [0, 0.1) is 13.8 Å². The number of aromatic nitrogens is 1. The van der Waals surface area contributed by atoms with E-state index < -0.39 is 15.9 Å². The fourth-order valence-corrected chi connectivity index (χ4v) is 5.57. The van der Waals surface area contributed by atoms with E-state index in [1.54, 1.807) is 30.3 Å². The van der Waals surface area contributed by atoms with Crippen LogP contribution in [0.25, 0.3) is 16.5 Å². The molecule has 7 nitrogen and oxygen atoms in total. The fourth-order valence-electron chi connectivity index (χ4n) is 3.17. The Bertz CT molecular complexity index is 1260. The number of amides is 1. The summed E-state index contributed by atoms with van der Waals surface area (Å²) in [4.78, 5) is 18.0. The number of nitrogens with one attached hydrogen (secondary N) is 1. The molecule has 0 saturated carbocycles. The van der Waals surface area contributed by atoms with Crippen LogP contribution in [0.3, 0.4) is 0 Å². The van der Waals surface area contributed by atoms with Gasteiger partial charge in [-0.2, -0.15) is 0 Å². The molecule has 1 aliphatic heterocycles. The minimum atomic E-state index is -4.03. The van der Waals surface area contributed by atoms with Crippen molar-refractivity contribution in [1.82, 2.24) is 9.29 Å². The van der Waals surface area contributed by atoms with E-state index in [1.165, 1.54) is 24.5 Å². The minimum Gasteiger partial charge on any atom is -0.505 e. The summed E-state index contributed by atoms with van der Waals surface area (Å²) in [5.74, 6) is -1.13. The van der Waals surface area contributed by atoms with Gasteiger partial charge >= 0.3 is 0 Å². The maximum absolute atomic E-state index is 13.2. The van der Waals surface area contributed by atoms with Gasteiger partial charge in [-0.15, -0.1) is 11.3 Å². The number of aliphatic hydroxyl groups excluding tert-OH is 1. The maximum atomic E-state index is 13.2. The number of aryl methyl sites for hydroxylation is 2. The Morgan fingerprint density at radius 1 is 1.18 bits per heavy atom. The third-order valence-corrected chi connectivity index (χ3v) is 7.60. The second-order valence-electron chi connectivity index (χ2n) is 6.45. The molecule has 2 heterocycles. The SMILES string of the molecule is Cc1nc(NC(=O)C2=C(O)c3ccc4ccccc4c3S(=O)(=O)N2C)sc1C. The van der Waals surface area contributed by atoms with Crippen molar-refractivity contribution in [1.29, 1.82) is 0 Å². The lowest BCUT2D eigenvalue weighted by atomic mass is 10.0. The molecule has 144 valence electrons. The normalized spacial score (nSPS) is 15.6. The number of benzene rings is 2. The molecular formula is C19H17N3O4S2. The molecule has 1 aliphatic rings. The van der Waals surface area contributed by atoms with Crippen molar-refractivity contribution in [3.63, 3.8) is 0 Å². The summed E-state index contributed by atoms with van der Waals surface area (Å²) in [5, 5.41) is 14.9. The van der Waals surface area contributed by atoms with E-state index in [9.17, 15) is 18.3 Å². The zero-order chi connectivity index (χ0) is 20.2. The van der Waals surface area contributed by atoms with Crippen molar-refractivity contribution >= 4 is 48.9 Å². The van der Waals surface area contributed by atoms with Gasteiger partial charge in [0.1, 0.15) is 4.90 Å². The number of aliphatic hydroxyl groups is 1. The molecule has 0 fully saturated rings. The highest BCUT2D eigenvalue weighted by Crippen LogP contribution is 2.39. The molecule has 0 spiro atoms. The minimum absolute atomic E-state index is 0.0110. The molecule has 0 atom stereocenters. The average molecular weight is 415 g/mol. The maximum Gasteiger partial charge on any atom is 0.278 e. The first kappa shape index (κ1) is 18.5. The molecule has 2 aromatic carbocycles. The first-order valence-corrected chi connectivity index (χ1v) is 10.7. The molecule has 0 unspecified atom stereocenters. The number of rotatable bonds is 2. The van der Waals surface area contributed by atoms with Gasteiger partial charge in [0.2, 0.25) is 0 Å². The predicted octanol–water partition coefficient (Wildman–Crippen LogP) is 3.41. The third-order valence-electron chi connectivity index (χ3n) is 4.76. The molecule has 3 aromatic rings. The number of hydrogen-bond donors (Lipinski definition) is 2. The summed E-state index contributed by atoms with van der Waals surface area (Å²) in [6, 6.07) is 10.2. The quantitative estimate of drug-likeness (QED) is 0.668. The lowest BCUT2D eigenvalue weighted by Gasteiger charge is -2.29. The van der Waals surface area contributed by atoms with Crippen LogP contribution in [0.4, 0.5) is 5.13 Å². The van der Waals surface area contributed by atoms with E-state index in [1.807, 2.05) is 13.8 Å². The van der Waals surface area contributed by atoms with Crippen LogP contribution in [0.1, 0.15) is 16.1 Å². The Hall–Kier alpha value is -2.91. The lowest BCUT2D eigenvalue weighted by Crippen LogP contribution is -2.37. The first-order valence-electron chi connectivity index (χ1n) is 8.41. The Kier molecular flexibility index (Phi) is 4.16. The van der Waals surface area contributed by atoms with Gasteiger partial charge in [-0.05, 0) is 25.3 Å². The summed E-state index contributed by atoms with van der Waals surface area (Å²) < 4.78 is 27.2. The van der Waals surface area contributed by atoms with E-state index in [-0.39, 0.29) is 21.9 Å². The molecule has 28 heavy (non-hydrogen) atoms. The van der Waals surface area contributed by atoms with Gasteiger partial charge in [0.25, 0.3) is 15.9 Å². The van der Waals surface area contributed by atoms with Crippen molar-refractivity contribution in [2.75, 3.05) is 12.4 Å². The summed E-state index contributed by atoms with van der Waals surface area (Å²) in [7, 11) is -2.78. The Morgan fingerprint density at radius 3 is 2.57 bits per heavy atom. The topological polar surface area (TPSA) is 99.6 Å². The van der Waals surface area contributed by atoms with Gasteiger partial charge in [0, 0.05) is 22.9 Å². The number of fused-ring (bicyclic) bond motifs is 3. The van der Waals surface area contributed by atoms with E-state index in [2.05, 4.69) is 10.3 Å². The van der Waals surface area contributed by atoms with Crippen LogP contribution in [-0.4, -0.2) is 35.8 Å². The second kappa shape index (κ2) is 6.32. The van der Waals surface area contributed by atoms with Crippen LogP contribution in [0.5, 0.6) is 0 Å². The van der Waals surface area contributed by atoms with E-state index in [4.69, 9.17) is 0 Å². The number of carbonyl (C=O) groups excluding carboxylic acids is 1. The standard InChI is InChI=1S/C19H17N3O4S2/c1-10-11(2)27-19(20-10)21-18(24)15-16(23)14-9-8-12-6-4-5-7-13(12)17(14)28(25,26)22(15)3/h4-9,23H,1-3H3,(H,20,21,24). The molecule has 0 radical (unpaired) electrons. The third kappa shape index (κ3) is 2.66. The zero-order valence-electron chi connectivity index (χ0n) is 15.3. The molecule has 0 bridgehead atoms. The van der Waals surface area contributed by atoms with Gasteiger partial charge in [0.05, 0.1) is 5.69 Å². The first-order chi connectivity index (χ1) is 13.2. The van der Waals surface area contributed by atoms with Gasteiger partial charge in [-0.25, -0.2) is 13.4 Å². The molecule has 2 N–H and O–H groups in total. The van der Waals surface area contributed by atoms with Crippen LogP contribution < -0.4 is 5.32 Å². The molecule has 9 heteroatoms. The Balaban J connectivity index is 1.89. The van der Waals surface area contributed by atoms with E-state index in [0.29, 0.717) is 10.5 Å². The van der Waals surface area contributed by atoms with Crippen LogP contribution in [0.2, 0.25) is 0 Å². The molecule has 0 aliphatic carbocycles. The number of carbonyl (C=O) groups is 1. The summed E-state index contributed by atoms with van der Waals surface area (Å²) in [5.41, 5.74) is 0.543. The molecular weight excluding hydrogens is 398 g/mol. The Morgan fingerprint density at radius 2 is 1.89 bits per heavy atom. The highest BCUT2D eigenvalue weighted by molar-refractivity contribution is 7.89. The second-order valence-corrected chi connectivity index (χ2v) is 9.56. The fraction of sp³-hybridized carbons (Fsp3) is 0.158. The van der Waals surface area contributed by atoms with Crippen LogP contribution >= 0.6 is 11.3 Å². The number of likely N-dealkylation sites (N-methyl/N-ethyl adjacent to an activating group) is 1. The van der Waals surface area contributed by atoms with Crippen molar-refractivity contribution in [2.24, 2.45) is 0 Å². The smallest absolute Gasteiger partial charge is 0.278 e. The van der Waals surface area contributed by atoms with Gasteiger partial charge < -0.3 is 5.11 Å². The monoisotopic (exact) mass is 415 g/mol.